The molecule has 3 nitrogen and oxygen atoms in total. The predicted octanol–water partition coefficient (Wildman–Crippen LogP) is 1.64. The van der Waals surface area contributed by atoms with Gasteiger partial charge in [-0.3, -0.25) is 4.79 Å². The Hall–Kier alpha value is -0.780. The van der Waals surface area contributed by atoms with Crippen molar-refractivity contribution in [3.63, 3.8) is 0 Å². The third-order valence-electron chi connectivity index (χ3n) is 3.29. The summed E-state index contributed by atoms with van der Waals surface area (Å²) in [5, 5.41) is 2.13. The van der Waals surface area contributed by atoms with Crippen LogP contribution in [0.2, 0.25) is 0 Å². The van der Waals surface area contributed by atoms with Crippen LogP contribution in [0.15, 0.2) is 0 Å². The molecule has 0 aromatic heterocycles. The second-order valence-electron chi connectivity index (χ2n) is 4.80. The van der Waals surface area contributed by atoms with Crippen LogP contribution >= 0.6 is 0 Å². The molecule has 1 heterocycles. The van der Waals surface area contributed by atoms with E-state index in [1.165, 1.54) is 0 Å². The molecular weight excluding hydrogens is 233 g/mol. The fourth-order valence-corrected chi connectivity index (χ4v) is 1.91. The number of hydrogen-bond acceptors (Lipinski definition) is 2. The lowest BCUT2D eigenvalue weighted by Crippen LogP contribution is -2.46. The van der Waals surface area contributed by atoms with Gasteiger partial charge in [0, 0.05) is 13.1 Å². The van der Waals surface area contributed by atoms with E-state index in [0.717, 1.165) is 6.42 Å². The van der Waals surface area contributed by atoms with Gasteiger partial charge in [-0.25, -0.2) is 0 Å². The van der Waals surface area contributed by atoms with Gasteiger partial charge in [-0.05, 0) is 18.3 Å². The largest absolute Gasteiger partial charge is 0.401 e. The van der Waals surface area contributed by atoms with Gasteiger partial charge in [0.25, 0.3) is 0 Å². The molecule has 1 rings (SSSR count). The summed E-state index contributed by atoms with van der Waals surface area (Å²) in [6.45, 7) is 4.15. The third-order valence-corrected chi connectivity index (χ3v) is 3.29. The quantitative estimate of drug-likeness (QED) is 0.828. The molecule has 0 aliphatic carbocycles. The molecule has 0 aromatic carbocycles. The smallest absolute Gasteiger partial charge is 0.341 e. The first-order chi connectivity index (χ1) is 7.79. The second kappa shape index (κ2) is 5.71. The summed E-state index contributed by atoms with van der Waals surface area (Å²) >= 11 is 0. The zero-order valence-corrected chi connectivity index (χ0v) is 10.2. The fourth-order valence-electron chi connectivity index (χ4n) is 1.91. The number of likely N-dealkylation sites (tertiary alicyclic amines) is 1. The number of carbonyl (C=O) groups is 1. The zero-order valence-electron chi connectivity index (χ0n) is 10.2. The first-order valence-electron chi connectivity index (χ1n) is 5.85. The van der Waals surface area contributed by atoms with Crippen LogP contribution in [0.5, 0.6) is 0 Å². The number of nitrogens with one attached hydrogen (secondary N) is 1. The average Bonchev–Trinajstić information content (AvgIpc) is 2.20. The Bertz CT molecular complexity index is 268. The summed E-state index contributed by atoms with van der Waals surface area (Å²) in [6, 6.07) is 0. The van der Waals surface area contributed by atoms with E-state index >= 15 is 0 Å². The van der Waals surface area contributed by atoms with E-state index in [2.05, 4.69) is 19.2 Å². The number of hydrogen-bond donors (Lipinski definition) is 1. The van der Waals surface area contributed by atoms with Gasteiger partial charge in [0.2, 0.25) is 5.91 Å². The second-order valence-corrected chi connectivity index (χ2v) is 4.80. The molecule has 0 spiro atoms. The standard InChI is InChI=1S/C11H19F3N2O/c1-8-3-4-16(6-9(8)2)10(17)5-15-7-11(12,13)14/h8-9,15H,3-7H2,1-2H3. The predicted molar refractivity (Wildman–Crippen MR) is 58.4 cm³/mol. The summed E-state index contributed by atoms with van der Waals surface area (Å²) in [4.78, 5) is 13.3. The van der Waals surface area contributed by atoms with Crippen LogP contribution in [0, 0.1) is 11.8 Å². The van der Waals surface area contributed by atoms with Crippen molar-refractivity contribution < 1.29 is 18.0 Å². The maximum atomic E-state index is 11.9. The Kier molecular flexibility index (Phi) is 4.80. The van der Waals surface area contributed by atoms with Gasteiger partial charge in [0.05, 0.1) is 13.1 Å². The molecule has 6 heteroatoms. The molecule has 0 bridgehead atoms. The van der Waals surface area contributed by atoms with Crippen LogP contribution in [0.4, 0.5) is 13.2 Å². The number of amides is 1. The fraction of sp³-hybridized carbons (Fsp3) is 0.909. The molecule has 2 unspecified atom stereocenters. The minimum absolute atomic E-state index is 0.236. The maximum absolute atomic E-state index is 11.9. The molecule has 0 radical (unpaired) electrons. The number of halogens is 3. The normalized spacial score (nSPS) is 26.1. The Morgan fingerprint density at radius 2 is 2.00 bits per heavy atom. The van der Waals surface area contributed by atoms with Crippen molar-refractivity contribution in [1.29, 1.82) is 0 Å². The molecule has 0 aromatic rings. The van der Waals surface area contributed by atoms with E-state index in [1.807, 2.05) is 0 Å². The first kappa shape index (κ1) is 14.3. The third kappa shape index (κ3) is 4.93. The van der Waals surface area contributed by atoms with E-state index in [-0.39, 0.29) is 12.5 Å². The summed E-state index contributed by atoms with van der Waals surface area (Å²) < 4.78 is 35.6. The Balaban J connectivity index is 2.29. The van der Waals surface area contributed by atoms with Crippen LogP contribution in [0.3, 0.4) is 0 Å². The van der Waals surface area contributed by atoms with E-state index in [4.69, 9.17) is 0 Å². The van der Waals surface area contributed by atoms with E-state index in [1.54, 1.807) is 4.90 Å². The van der Waals surface area contributed by atoms with Crippen molar-refractivity contribution in [1.82, 2.24) is 10.2 Å². The number of nitrogens with zero attached hydrogens (tertiary/aromatic N) is 1. The van der Waals surface area contributed by atoms with Crippen molar-refractivity contribution in [3.8, 4) is 0 Å². The van der Waals surface area contributed by atoms with Gasteiger partial charge in [-0.1, -0.05) is 13.8 Å². The van der Waals surface area contributed by atoms with Crippen LogP contribution in [0.25, 0.3) is 0 Å². The minimum atomic E-state index is -4.26. The van der Waals surface area contributed by atoms with Crippen molar-refractivity contribution in [2.75, 3.05) is 26.2 Å². The van der Waals surface area contributed by atoms with E-state index in [0.29, 0.717) is 24.9 Å². The van der Waals surface area contributed by atoms with Crippen LogP contribution in [0.1, 0.15) is 20.3 Å². The lowest BCUT2D eigenvalue weighted by molar-refractivity contribution is -0.136. The molecule has 17 heavy (non-hydrogen) atoms. The Morgan fingerprint density at radius 3 is 2.53 bits per heavy atom. The number of piperidine rings is 1. The van der Waals surface area contributed by atoms with Gasteiger partial charge < -0.3 is 10.2 Å². The monoisotopic (exact) mass is 252 g/mol. The lowest BCUT2D eigenvalue weighted by atomic mass is 9.89. The highest BCUT2D eigenvalue weighted by Crippen LogP contribution is 2.22. The highest BCUT2D eigenvalue weighted by atomic mass is 19.4. The number of rotatable bonds is 3. The van der Waals surface area contributed by atoms with Crippen molar-refractivity contribution in [2.24, 2.45) is 11.8 Å². The van der Waals surface area contributed by atoms with Crippen molar-refractivity contribution in [2.45, 2.75) is 26.4 Å². The van der Waals surface area contributed by atoms with Gasteiger partial charge in [-0.2, -0.15) is 13.2 Å². The van der Waals surface area contributed by atoms with Crippen molar-refractivity contribution in [3.05, 3.63) is 0 Å². The molecule has 1 aliphatic heterocycles. The van der Waals surface area contributed by atoms with Gasteiger partial charge in [0.1, 0.15) is 0 Å². The molecule has 1 fully saturated rings. The zero-order chi connectivity index (χ0) is 13.1. The molecule has 1 N–H and O–H groups in total. The number of alkyl halides is 3. The van der Waals surface area contributed by atoms with Crippen LogP contribution < -0.4 is 5.32 Å². The maximum Gasteiger partial charge on any atom is 0.401 e. The molecular formula is C11H19F3N2O. The highest BCUT2D eigenvalue weighted by Gasteiger charge is 2.28. The van der Waals surface area contributed by atoms with Gasteiger partial charge in [-0.15, -0.1) is 0 Å². The lowest BCUT2D eigenvalue weighted by Gasteiger charge is -2.35. The molecule has 1 aliphatic rings. The van der Waals surface area contributed by atoms with Crippen LogP contribution in [-0.4, -0.2) is 43.2 Å². The molecule has 1 saturated heterocycles. The van der Waals surface area contributed by atoms with Crippen LogP contribution in [-0.2, 0) is 4.79 Å². The summed E-state index contributed by atoms with van der Waals surface area (Å²) in [7, 11) is 0. The number of carbonyl (C=O) groups excluding carboxylic acids is 1. The molecule has 100 valence electrons. The average molecular weight is 252 g/mol. The molecule has 0 saturated carbocycles. The molecule has 2 atom stereocenters. The summed E-state index contributed by atoms with van der Waals surface area (Å²) in [5.41, 5.74) is 0. The minimum Gasteiger partial charge on any atom is -0.341 e. The topological polar surface area (TPSA) is 32.3 Å². The van der Waals surface area contributed by atoms with E-state index < -0.39 is 12.7 Å². The SMILES string of the molecule is CC1CCN(C(=O)CNCC(F)(F)F)CC1C. The summed E-state index contributed by atoms with van der Waals surface area (Å²) in [5.74, 6) is 0.741. The molecule has 1 amide bonds. The Morgan fingerprint density at radius 1 is 1.35 bits per heavy atom. The Labute approximate surface area is 99.4 Å². The highest BCUT2D eigenvalue weighted by molar-refractivity contribution is 5.78. The summed E-state index contributed by atoms with van der Waals surface area (Å²) in [6.07, 6.45) is -3.34. The first-order valence-corrected chi connectivity index (χ1v) is 5.85. The van der Waals surface area contributed by atoms with Gasteiger partial charge >= 0.3 is 6.18 Å². The van der Waals surface area contributed by atoms with Crippen molar-refractivity contribution >= 4 is 5.91 Å². The van der Waals surface area contributed by atoms with E-state index in [9.17, 15) is 18.0 Å². The van der Waals surface area contributed by atoms with Gasteiger partial charge in [0.15, 0.2) is 0 Å².